The van der Waals surface area contributed by atoms with Crippen LogP contribution in [0.3, 0.4) is 0 Å². The minimum atomic E-state index is -0.376. The molecular weight excluding hydrogens is 405 g/mol. The molecule has 168 valence electrons. The third-order valence-corrected chi connectivity index (χ3v) is 6.32. The van der Waals surface area contributed by atoms with Crippen LogP contribution in [-0.4, -0.2) is 54.3 Å². The Bertz CT molecular complexity index is 1040. The fraction of sp³-hybridized carbons (Fsp3) is 0.385. The van der Waals surface area contributed by atoms with Gasteiger partial charge < -0.3 is 9.80 Å². The van der Waals surface area contributed by atoms with E-state index in [0.29, 0.717) is 35.6 Å². The lowest BCUT2D eigenvalue weighted by molar-refractivity contribution is -0.120. The predicted octanol–water partition coefficient (Wildman–Crippen LogP) is 4.05. The zero-order chi connectivity index (χ0) is 23.0. The van der Waals surface area contributed by atoms with Gasteiger partial charge in [-0.15, -0.1) is 0 Å². The first-order chi connectivity index (χ1) is 15.2. The molecular formula is C26H30FN3O2. The van der Waals surface area contributed by atoms with Gasteiger partial charge in [0.1, 0.15) is 11.5 Å². The van der Waals surface area contributed by atoms with E-state index in [1.165, 1.54) is 17.0 Å². The Hall–Kier alpha value is -2.99. The second kappa shape index (κ2) is 8.51. The van der Waals surface area contributed by atoms with Gasteiger partial charge in [0.2, 0.25) is 0 Å². The number of piperazine rings is 1. The molecule has 2 aromatic carbocycles. The highest BCUT2D eigenvalue weighted by atomic mass is 19.1. The van der Waals surface area contributed by atoms with Gasteiger partial charge in [0, 0.05) is 26.2 Å². The van der Waals surface area contributed by atoms with Crippen LogP contribution in [0.5, 0.6) is 0 Å². The predicted molar refractivity (Wildman–Crippen MR) is 125 cm³/mol. The minimum Gasteiger partial charge on any atom is -0.364 e. The van der Waals surface area contributed by atoms with Crippen LogP contribution in [0, 0.1) is 5.82 Å². The summed E-state index contributed by atoms with van der Waals surface area (Å²) in [6.07, 6.45) is 0. The van der Waals surface area contributed by atoms with Gasteiger partial charge in [0.15, 0.2) is 0 Å². The number of anilines is 1. The van der Waals surface area contributed by atoms with Crippen molar-refractivity contribution in [1.29, 1.82) is 0 Å². The SMILES string of the molecule is CCN1CCN(C2=C(c3ccc(F)cc3)C(=O)N(c3ccc(C(C)(C)C)cc3)C2=O)CC1. The summed E-state index contributed by atoms with van der Waals surface area (Å²) in [6, 6.07) is 13.4. The molecule has 2 amide bonds. The lowest BCUT2D eigenvalue weighted by Crippen LogP contribution is -2.47. The smallest absolute Gasteiger partial charge is 0.282 e. The van der Waals surface area contributed by atoms with Crippen molar-refractivity contribution in [1.82, 2.24) is 9.80 Å². The number of rotatable bonds is 4. The standard InChI is InChI=1S/C26H30FN3O2/c1-5-28-14-16-29(17-15-28)23-22(18-6-10-20(27)11-7-18)24(31)30(25(23)32)21-12-8-19(9-13-21)26(2,3)4/h6-13H,5,14-17H2,1-4H3. The topological polar surface area (TPSA) is 43.9 Å². The number of halogens is 1. The number of hydrogen-bond donors (Lipinski definition) is 0. The molecule has 5 nitrogen and oxygen atoms in total. The van der Waals surface area contributed by atoms with E-state index in [1.807, 2.05) is 29.2 Å². The maximum Gasteiger partial charge on any atom is 0.282 e. The van der Waals surface area contributed by atoms with Crippen LogP contribution < -0.4 is 4.90 Å². The van der Waals surface area contributed by atoms with E-state index in [-0.39, 0.29) is 23.0 Å². The van der Waals surface area contributed by atoms with Gasteiger partial charge in [-0.3, -0.25) is 9.59 Å². The summed E-state index contributed by atoms with van der Waals surface area (Å²) in [5.41, 5.74) is 2.97. The second-order valence-corrected chi connectivity index (χ2v) is 9.39. The van der Waals surface area contributed by atoms with Gasteiger partial charge in [0.25, 0.3) is 11.8 Å². The molecule has 0 aromatic heterocycles. The first kappa shape index (κ1) is 22.2. The first-order valence-corrected chi connectivity index (χ1v) is 11.2. The highest BCUT2D eigenvalue weighted by Crippen LogP contribution is 2.36. The lowest BCUT2D eigenvalue weighted by atomic mass is 9.87. The van der Waals surface area contributed by atoms with Crippen molar-refractivity contribution < 1.29 is 14.0 Å². The zero-order valence-electron chi connectivity index (χ0n) is 19.2. The third-order valence-electron chi connectivity index (χ3n) is 6.32. The average Bonchev–Trinajstić information content (AvgIpc) is 3.04. The fourth-order valence-corrected chi connectivity index (χ4v) is 4.32. The Morgan fingerprint density at radius 3 is 1.97 bits per heavy atom. The molecule has 0 atom stereocenters. The largest absolute Gasteiger partial charge is 0.364 e. The summed E-state index contributed by atoms with van der Waals surface area (Å²) in [7, 11) is 0. The molecule has 0 saturated carbocycles. The van der Waals surface area contributed by atoms with E-state index in [1.54, 1.807) is 12.1 Å². The molecule has 4 rings (SSSR count). The normalized spacial score (nSPS) is 18.2. The molecule has 0 spiro atoms. The Balaban J connectivity index is 1.74. The molecule has 0 N–H and O–H groups in total. The molecule has 0 aliphatic carbocycles. The van der Waals surface area contributed by atoms with Crippen LogP contribution in [0.15, 0.2) is 54.2 Å². The van der Waals surface area contributed by atoms with Gasteiger partial charge in [-0.25, -0.2) is 9.29 Å². The second-order valence-electron chi connectivity index (χ2n) is 9.39. The minimum absolute atomic E-state index is 0.0286. The van der Waals surface area contributed by atoms with Crippen molar-refractivity contribution in [2.24, 2.45) is 0 Å². The summed E-state index contributed by atoms with van der Waals surface area (Å²) < 4.78 is 13.6. The van der Waals surface area contributed by atoms with Crippen molar-refractivity contribution in [3.05, 3.63) is 71.2 Å². The number of carbonyl (C=O) groups is 2. The summed E-state index contributed by atoms with van der Waals surface area (Å²) >= 11 is 0. The van der Waals surface area contributed by atoms with E-state index in [2.05, 4.69) is 32.6 Å². The van der Waals surface area contributed by atoms with E-state index >= 15 is 0 Å². The molecule has 2 aromatic rings. The molecule has 2 aliphatic heterocycles. The highest BCUT2D eigenvalue weighted by Gasteiger charge is 2.43. The van der Waals surface area contributed by atoms with Crippen molar-refractivity contribution in [2.45, 2.75) is 33.1 Å². The molecule has 1 fully saturated rings. The average molecular weight is 436 g/mol. The Morgan fingerprint density at radius 2 is 1.44 bits per heavy atom. The van der Waals surface area contributed by atoms with Gasteiger partial charge in [-0.2, -0.15) is 0 Å². The van der Waals surface area contributed by atoms with Gasteiger partial charge >= 0.3 is 0 Å². The maximum atomic E-state index is 13.6. The summed E-state index contributed by atoms with van der Waals surface area (Å²) in [5, 5.41) is 0. The van der Waals surface area contributed by atoms with Crippen molar-refractivity contribution in [3.8, 4) is 0 Å². The number of amides is 2. The quantitative estimate of drug-likeness (QED) is 0.680. The summed E-state index contributed by atoms with van der Waals surface area (Å²) in [6.45, 7) is 12.4. The van der Waals surface area contributed by atoms with Crippen LogP contribution in [0.25, 0.3) is 5.57 Å². The van der Waals surface area contributed by atoms with Crippen molar-refractivity contribution in [2.75, 3.05) is 37.6 Å². The molecule has 0 unspecified atom stereocenters. The van der Waals surface area contributed by atoms with Crippen LogP contribution in [0.2, 0.25) is 0 Å². The Kier molecular flexibility index (Phi) is 5.91. The van der Waals surface area contributed by atoms with Crippen LogP contribution >= 0.6 is 0 Å². The molecule has 6 heteroatoms. The van der Waals surface area contributed by atoms with E-state index in [0.717, 1.165) is 25.2 Å². The number of benzene rings is 2. The first-order valence-electron chi connectivity index (χ1n) is 11.2. The summed E-state index contributed by atoms with van der Waals surface area (Å²) in [5.74, 6) is -1.06. The van der Waals surface area contributed by atoms with Gasteiger partial charge in [-0.1, -0.05) is 52.0 Å². The Labute approximate surface area is 189 Å². The number of imide groups is 1. The van der Waals surface area contributed by atoms with Crippen molar-refractivity contribution in [3.63, 3.8) is 0 Å². The molecule has 32 heavy (non-hydrogen) atoms. The summed E-state index contributed by atoms with van der Waals surface area (Å²) in [4.78, 5) is 32.8. The number of hydrogen-bond acceptors (Lipinski definition) is 4. The maximum absolute atomic E-state index is 13.6. The zero-order valence-corrected chi connectivity index (χ0v) is 19.2. The van der Waals surface area contributed by atoms with E-state index in [9.17, 15) is 14.0 Å². The number of likely N-dealkylation sites (N-methyl/N-ethyl adjacent to an activating group) is 1. The molecule has 2 heterocycles. The van der Waals surface area contributed by atoms with Crippen LogP contribution in [-0.2, 0) is 15.0 Å². The monoisotopic (exact) mass is 435 g/mol. The van der Waals surface area contributed by atoms with Crippen LogP contribution in [0.4, 0.5) is 10.1 Å². The molecule has 0 radical (unpaired) electrons. The van der Waals surface area contributed by atoms with Crippen LogP contribution in [0.1, 0.15) is 38.8 Å². The van der Waals surface area contributed by atoms with Gasteiger partial charge in [0.05, 0.1) is 11.3 Å². The fourth-order valence-electron chi connectivity index (χ4n) is 4.32. The van der Waals surface area contributed by atoms with E-state index in [4.69, 9.17) is 0 Å². The highest BCUT2D eigenvalue weighted by molar-refractivity contribution is 6.45. The number of carbonyl (C=O) groups excluding carboxylic acids is 2. The third kappa shape index (κ3) is 4.07. The Morgan fingerprint density at radius 1 is 0.844 bits per heavy atom. The van der Waals surface area contributed by atoms with Crippen molar-refractivity contribution >= 4 is 23.1 Å². The molecule has 0 bridgehead atoms. The lowest BCUT2D eigenvalue weighted by Gasteiger charge is -2.36. The van der Waals surface area contributed by atoms with Gasteiger partial charge in [-0.05, 0) is 47.4 Å². The van der Waals surface area contributed by atoms with E-state index < -0.39 is 0 Å². The number of nitrogens with zero attached hydrogens (tertiary/aromatic N) is 3. The molecule has 2 aliphatic rings. The molecule has 1 saturated heterocycles.